The molecule has 0 aliphatic carbocycles. The molecular formula is C19H28N2O4. The van der Waals surface area contributed by atoms with Crippen LogP contribution in [-0.2, 0) is 4.74 Å². The second kappa shape index (κ2) is 8.17. The van der Waals surface area contributed by atoms with Crippen LogP contribution in [0.4, 0.5) is 0 Å². The van der Waals surface area contributed by atoms with Crippen molar-refractivity contribution < 1.29 is 19.4 Å². The Hall–Kier alpha value is -1.63. The van der Waals surface area contributed by atoms with E-state index in [2.05, 4.69) is 10.2 Å². The van der Waals surface area contributed by atoms with Crippen LogP contribution in [0.3, 0.4) is 0 Å². The highest BCUT2D eigenvalue weighted by atomic mass is 16.5. The fourth-order valence-electron chi connectivity index (χ4n) is 3.93. The summed E-state index contributed by atoms with van der Waals surface area (Å²) in [5.74, 6) is 0.674. The predicted molar refractivity (Wildman–Crippen MR) is 95.0 cm³/mol. The monoisotopic (exact) mass is 348 g/mol. The molecule has 2 atom stereocenters. The third kappa shape index (κ3) is 3.97. The zero-order chi connectivity index (χ0) is 17.8. The Bertz CT molecular complexity index is 601. The molecule has 1 aromatic carbocycles. The highest BCUT2D eigenvalue weighted by molar-refractivity contribution is 5.96. The Morgan fingerprint density at radius 3 is 2.80 bits per heavy atom. The van der Waals surface area contributed by atoms with Crippen molar-refractivity contribution in [3.05, 3.63) is 29.3 Å². The maximum Gasteiger partial charge on any atom is 0.251 e. The number of carbonyl (C=O) groups excluding carboxylic acids is 1. The van der Waals surface area contributed by atoms with Crippen LogP contribution in [0.1, 0.15) is 28.8 Å². The van der Waals surface area contributed by atoms with Gasteiger partial charge in [-0.05, 0) is 31.9 Å². The van der Waals surface area contributed by atoms with E-state index in [1.54, 1.807) is 7.11 Å². The van der Waals surface area contributed by atoms with Crippen LogP contribution in [0.2, 0.25) is 0 Å². The van der Waals surface area contributed by atoms with E-state index >= 15 is 0 Å². The smallest absolute Gasteiger partial charge is 0.251 e. The lowest BCUT2D eigenvalue weighted by Gasteiger charge is -2.31. The first kappa shape index (κ1) is 18.2. The molecule has 2 heterocycles. The quantitative estimate of drug-likeness (QED) is 0.837. The zero-order valence-electron chi connectivity index (χ0n) is 15.0. The molecule has 2 saturated heterocycles. The number of likely N-dealkylation sites (tertiary alicyclic amines) is 1. The summed E-state index contributed by atoms with van der Waals surface area (Å²) in [6.45, 7) is 5.17. The van der Waals surface area contributed by atoms with Gasteiger partial charge < -0.3 is 19.9 Å². The minimum atomic E-state index is -0.103. The number of aliphatic hydroxyl groups is 1. The van der Waals surface area contributed by atoms with Crippen LogP contribution in [-0.4, -0.2) is 68.0 Å². The summed E-state index contributed by atoms with van der Waals surface area (Å²) >= 11 is 0. The minimum absolute atomic E-state index is 0.0362. The number of benzene rings is 1. The van der Waals surface area contributed by atoms with Gasteiger partial charge in [-0.3, -0.25) is 9.69 Å². The van der Waals surface area contributed by atoms with Crippen LogP contribution in [0.5, 0.6) is 5.75 Å². The molecule has 0 bridgehead atoms. The van der Waals surface area contributed by atoms with E-state index in [9.17, 15) is 9.90 Å². The Morgan fingerprint density at radius 1 is 1.36 bits per heavy atom. The molecule has 0 spiro atoms. The molecular weight excluding hydrogens is 320 g/mol. The second-order valence-corrected chi connectivity index (χ2v) is 6.95. The summed E-state index contributed by atoms with van der Waals surface area (Å²) < 4.78 is 10.7. The van der Waals surface area contributed by atoms with E-state index in [-0.39, 0.29) is 24.5 Å². The van der Waals surface area contributed by atoms with Crippen molar-refractivity contribution in [2.24, 2.45) is 5.92 Å². The van der Waals surface area contributed by atoms with E-state index in [0.29, 0.717) is 17.4 Å². The lowest BCUT2D eigenvalue weighted by Crippen LogP contribution is -2.43. The maximum absolute atomic E-state index is 12.7. The summed E-state index contributed by atoms with van der Waals surface area (Å²) in [6.07, 6.45) is 2.04. The lowest BCUT2D eigenvalue weighted by molar-refractivity contribution is 0.0398. The first-order chi connectivity index (χ1) is 12.1. The second-order valence-electron chi connectivity index (χ2n) is 6.95. The number of hydrogen-bond acceptors (Lipinski definition) is 5. The van der Waals surface area contributed by atoms with Crippen LogP contribution >= 0.6 is 0 Å². The standard InChI is InChI=1S/C19H28N2O4/c1-13-16(4-3-5-18(13)24-2)19(23)20-17-11-21(10-14(17)12-22)15-6-8-25-9-7-15/h3-5,14-15,17,22H,6-12H2,1-2H3,(H,20,23)/t14-,17+/m0/s1. The van der Waals surface area contributed by atoms with Gasteiger partial charge in [0, 0.05) is 62.0 Å². The maximum atomic E-state index is 12.7. The van der Waals surface area contributed by atoms with Gasteiger partial charge in [-0.25, -0.2) is 0 Å². The molecule has 2 N–H and O–H groups in total. The number of hydrogen-bond donors (Lipinski definition) is 2. The third-order valence-corrected chi connectivity index (χ3v) is 5.48. The van der Waals surface area contributed by atoms with Crippen molar-refractivity contribution >= 4 is 5.91 Å². The van der Waals surface area contributed by atoms with Crippen molar-refractivity contribution in [2.45, 2.75) is 31.8 Å². The van der Waals surface area contributed by atoms with E-state index in [4.69, 9.17) is 9.47 Å². The summed E-state index contributed by atoms with van der Waals surface area (Å²) in [5.41, 5.74) is 1.46. The molecule has 2 aliphatic heterocycles. The largest absolute Gasteiger partial charge is 0.496 e. The number of rotatable bonds is 5. The molecule has 0 radical (unpaired) electrons. The number of nitrogens with zero attached hydrogens (tertiary/aromatic N) is 1. The van der Waals surface area contributed by atoms with E-state index in [0.717, 1.165) is 44.7 Å². The third-order valence-electron chi connectivity index (χ3n) is 5.48. The van der Waals surface area contributed by atoms with Crippen molar-refractivity contribution in [1.82, 2.24) is 10.2 Å². The number of methoxy groups -OCH3 is 1. The van der Waals surface area contributed by atoms with Crippen LogP contribution < -0.4 is 10.1 Å². The normalized spacial score (nSPS) is 25.1. The van der Waals surface area contributed by atoms with Crippen molar-refractivity contribution in [3.63, 3.8) is 0 Å². The average molecular weight is 348 g/mol. The first-order valence-corrected chi connectivity index (χ1v) is 9.01. The molecule has 0 unspecified atom stereocenters. The van der Waals surface area contributed by atoms with Crippen molar-refractivity contribution in [1.29, 1.82) is 0 Å². The number of aliphatic hydroxyl groups excluding tert-OH is 1. The fourth-order valence-corrected chi connectivity index (χ4v) is 3.93. The predicted octanol–water partition coefficient (Wildman–Crippen LogP) is 1.21. The molecule has 25 heavy (non-hydrogen) atoms. The SMILES string of the molecule is COc1cccc(C(=O)N[C@@H]2CN(C3CCOCC3)C[C@H]2CO)c1C. The summed E-state index contributed by atoms with van der Waals surface area (Å²) in [5, 5.41) is 12.9. The van der Waals surface area contributed by atoms with Crippen LogP contribution in [0.25, 0.3) is 0 Å². The Kier molecular flexibility index (Phi) is 5.93. The molecule has 138 valence electrons. The van der Waals surface area contributed by atoms with E-state index < -0.39 is 0 Å². The molecule has 6 nitrogen and oxygen atoms in total. The molecule has 6 heteroatoms. The summed E-state index contributed by atoms with van der Waals surface area (Å²) in [7, 11) is 1.61. The van der Waals surface area contributed by atoms with Gasteiger partial charge in [0.15, 0.2) is 0 Å². The fraction of sp³-hybridized carbons (Fsp3) is 0.632. The number of ether oxygens (including phenoxy) is 2. The Balaban J connectivity index is 1.67. The molecule has 1 amide bonds. The minimum Gasteiger partial charge on any atom is -0.496 e. The van der Waals surface area contributed by atoms with E-state index in [1.165, 1.54) is 0 Å². The van der Waals surface area contributed by atoms with Crippen LogP contribution in [0, 0.1) is 12.8 Å². The summed E-state index contributed by atoms with van der Waals surface area (Å²) in [6, 6.07) is 5.94. The van der Waals surface area contributed by atoms with Gasteiger partial charge in [0.1, 0.15) is 5.75 Å². The zero-order valence-corrected chi connectivity index (χ0v) is 15.0. The molecule has 0 aromatic heterocycles. The van der Waals surface area contributed by atoms with Gasteiger partial charge in [-0.1, -0.05) is 6.07 Å². The van der Waals surface area contributed by atoms with Crippen molar-refractivity contribution in [3.8, 4) is 5.75 Å². The molecule has 3 rings (SSSR count). The Labute approximate surface area is 149 Å². The number of carbonyl (C=O) groups is 1. The van der Waals surface area contributed by atoms with Gasteiger partial charge in [0.25, 0.3) is 5.91 Å². The molecule has 2 fully saturated rings. The number of nitrogens with one attached hydrogen (secondary N) is 1. The van der Waals surface area contributed by atoms with Gasteiger partial charge in [-0.2, -0.15) is 0 Å². The molecule has 1 aromatic rings. The molecule has 0 saturated carbocycles. The van der Waals surface area contributed by atoms with Gasteiger partial charge >= 0.3 is 0 Å². The van der Waals surface area contributed by atoms with Crippen LogP contribution in [0.15, 0.2) is 18.2 Å². The molecule has 2 aliphatic rings. The van der Waals surface area contributed by atoms with Crippen molar-refractivity contribution in [2.75, 3.05) is 40.0 Å². The highest BCUT2D eigenvalue weighted by Gasteiger charge is 2.37. The Morgan fingerprint density at radius 2 is 2.12 bits per heavy atom. The summed E-state index contributed by atoms with van der Waals surface area (Å²) in [4.78, 5) is 15.1. The van der Waals surface area contributed by atoms with Gasteiger partial charge in [0.2, 0.25) is 0 Å². The average Bonchev–Trinajstić information content (AvgIpc) is 3.05. The van der Waals surface area contributed by atoms with E-state index in [1.807, 2.05) is 25.1 Å². The number of amides is 1. The van der Waals surface area contributed by atoms with Gasteiger partial charge in [-0.15, -0.1) is 0 Å². The first-order valence-electron chi connectivity index (χ1n) is 9.01. The highest BCUT2D eigenvalue weighted by Crippen LogP contribution is 2.25. The topological polar surface area (TPSA) is 71.0 Å². The van der Waals surface area contributed by atoms with Gasteiger partial charge in [0.05, 0.1) is 7.11 Å². The lowest BCUT2D eigenvalue weighted by atomic mass is 10.0.